The molecule has 163 valence electrons. The lowest BCUT2D eigenvalue weighted by molar-refractivity contribution is 0.0993. The maximum Gasteiger partial charge on any atom is 0.270 e. The van der Waals surface area contributed by atoms with E-state index in [0.717, 1.165) is 32.4 Å². The first-order valence-corrected chi connectivity index (χ1v) is 17.4. The van der Waals surface area contributed by atoms with Crippen LogP contribution in [0.5, 0.6) is 0 Å². The molecule has 4 rings (SSSR count). The topological polar surface area (TPSA) is 50.1 Å². The van der Waals surface area contributed by atoms with Gasteiger partial charge in [-0.05, 0) is 89.2 Å². The van der Waals surface area contributed by atoms with Gasteiger partial charge in [-0.25, -0.2) is 0 Å². The number of hydrogen-bond acceptors (Lipinski definition) is 2. The van der Waals surface area contributed by atoms with Gasteiger partial charge < -0.3 is 4.12 Å². The first-order valence-electron chi connectivity index (χ1n) is 10.8. The summed E-state index contributed by atoms with van der Waals surface area (Å²) < 4.78 is 7.92. The highest BCUT2D eigenvalue weighted by atomic mass is 79.9. The smallest absolute Gasteiger partial charge is 0.270 e. The average Bonchev–Trinajstić information content (AvgIpc) is 2.96. The molecule has 2 bridgehead atoms. The second kappa shape index (κ2) is 7.01. The predicted octanol–water partition coefficient (Wildman–Crippen LogP) is 5.65. The lowest BCUT2D eigenvalue weighted by Gasteiger charge is -2.43. The van der Waals surface area contributed by atoms with E-state index in [2.05, 4.69) is 88.0 Å². The maximum absolute atomic E-state index is 12.7. The Labute approximate surface area is 196 Å². The SMILES string of the molecule is CC1=Cc2cc(C(C)(C)C)cc(-c3c(C([NH])=O)cc4c(Br)c3[Si](C)(C)O[Si]4(C)C)c2C1. The molecule has 1 aliphatic carbocycles. The molecule has 2 aliphatic rings. The third-order valence-corrected chi connectivity index (χ3v) is 15.6. The molecule has 1 radical (unpaired) electrons. The number of hydrogen-bond donors (Lipinski definition) is 0. The van der Waals surface area contributed by atoms with Crippen molar-refractivity contribution in [2.45, 2.75) is 65.7 Å². The number of fused-ring (bicyclic) bond motifs is 3. The van der Waals surface area contributed by atoms with Gasteiger partial charge in [0.25, 0.3) is 5.91 Å². The van der Waals surface area contributed by atoms with Gasteiger partial charge in [0.2, 0.25) is 16.6 Å². The van der Waals surface area contributed by atoms with Crippen LogP contribution >= 0.6 is 15.9 Å². The number of benzene rings is 2. The van der Waals surface area contributed by atoms with Crippen molar-refractivity contribution in [2.24, 2.45) is 0 Å². The molecule has 0 saturated heterocycles. The fraction of sp³-hybridized carbons (Fsp3) is 0.400. The molecule has 0 atom stereocenters. The third kappa shape index (κ3) is 3.61. The number of nitrogens with one attached hydrogen (secondary N) is 1. The zero-order chi connectivity index (χ0) is 23.1. The molecule has 2 aromatic rings. The Kier molecular flexibility index (Phi) is 5.13. The zero-order valence-electron chi connectivity index (χ0n) is 19.7. The van der Waals surface area contributed by atoms with Crippen LogP contribution in [0.3, 0.4) is 0 Å². The minimum atomic E-state index is -2.31. The Balaban J connectivity index is 2.17. The molecule has 2 aromatic carbocycles. The van der Waals surface area contributed by atoms with Gasteiger partial charge in [0.1, 0.15) is 0 Å². The van der Waals surface area contributed by atoms with E-state index in [9.17, 15) is 4.79 Å². The summed E-state index contributed by atoms with van der Waals surface area (Å²) in [5, 5.41) is 2.22. The third-order valence-electron chi connectivity index (χ3n) is 6.55. The van der Waals surface area contributed by atoms with Crippen molar-refractivity contribution in [1.29, 1.82) is 0 Å². The molecule has 0 aromatic heterocycles. The Hall–Kier alpha value is -1.48. The van der Waals surface area contributed by atoms with Crippen LogP contribution in [-0.2, 0) is 16.0 Å². The van der Waals surface area contributed by atoms with Crippen LogP contribution in [0.4, 0.5) is 0 Å². The van der Waals surface area contributed by atoms with Gasteiger partial charge in [-0.2, -0.15) is 0 Å². The van der Waals surface area contributed by atoms with Crippen LogP contribution in [0.2, 0.25) is 26.2 Å². The predicted molar refractivity (Wildman–Crippen MR) is 138 cm³/mol. The van der Waals surface area contributed by atoms with E-state index in [1.54, 1.807) is 0 Å². The fourth-order valence-electron chi connectivity index (χ4n) is 5.14. The highest BCUT2D eigenvalue weighted by Gasteiger charge is 2.47. The van der Waals surface area contributed by atoms with Gasteiger partial charge in [-0.15, -0.1) is 0 Å². The van der Waals surface area contributed by atoms with Crippen molar-refractivity contribution in [1.82, 2.24) is 5.73 Å². The van der Waals surface area contributed by atoms with Crippen molar-refractivity contribution in [2.75, 3.05) is 0 Å². The number of halogens is 1. The molecule has 1 amide bonds. The number of amides is 1. The molecule has 31 heavy (non-hydrogen) atoms. The normalized spacial score (nSPS) is 18.5. The summed E-state index contributed by atoms with van der Waals surface area (Å²) in [5.41, 5.74) is 15.8. The second-order valence-corrected chi connectivity index (χ2v) is 19.7. The van der Waals surface area contributed by atoms with E-state index in [1.165, 1.54) is 22.3 Å². The molecule has 1 aliphatic heterocycles. The van der Waals surface area contributed by atoms with E-state index >= 15 is 0 Å². The van der Waals surface area contributed by atoms with Crippen molar-refractivity contribution in [3.63, 3.8) is 0 Å². The molecule has 6 heteroatoms. The van der Waals surface area contributed by atoms with Crippen molar-refractivity contribution >= 4 is 54.9 Å². The molecule has 0 spiro atoms. The molecular weight excluding hydrogens is 482 g/mol. The van der Waals surface area contributed by atoms with E-state index in [1.807, 2.05) is 6.07 Å². The number of rotatable bonds is 2. The number of carbonyl (C=O) groups excluding carboxylic acids is 1. The van der Waals surface area contributed by atoms with Gasteiger partial charge in [0, 0.05) is 10.0 Å². The zero-order valence-corrected chi connectivity index (χ0v) is 23.3. The Morgan fingerprint density at radius 2 is 1.74 bits per heavy atom. The molecule has 0 saturated carbocycles. The summed E-state index contributed by atoms with van der Waals surface area (Å²) in [6.45, 7) is 17.7. The fourth-order valence-corrected chi connectivity index (χ4v) is 17.1. The summed E-state index contributed by atoms with van der Waals surface area (Å²) in [7, 11) is -4.47. The molecule has 1 heterocycles. The lowest BCUT2D eigenvalue weighted by atomic mass is 9.82. The summed E-state index contributed by atoms with van der Waals surface area (Å²) in [4.78, 5) is 12.7. The largest absolute Gasteiger partial charge is 0.449 e. The molecule has 3 nitrogen and oxygen atoms in total. The average molecular weight is 514 g/mol. The Bertz CT molecular complexity index is 1170. The van der Waals surface area contributed by atoms with Crippen LogP contribution in [-0.4, -0.2) is 22.5 Å². The molecule has 1 N–H and O–H groups in total. The van der Waals surface area contributed by atoms with E-state index in [0.29, 0.717) is 5.56 Å². The standard InChI is InChI=1S/C25H31BrNO2Si2/c1-14-9-15-11-16(25(2,3)4)12-18(17(15)10-14)21-19(24(27)28)13-20-22(26)23(21)31(7,8)29-30(20,5)6/h9,11-13,27H,10H2,1-8H3. The minimum Gasteiger partial charge on any atom is -0.449 e. The first kappa shape index (κ1) is 22.7. The van der Waals surface area contributed by atoms with E-state index < -0.39 is 22.5 Å². The van der Waals surface area contributed by atoms with Crippen LogP contribution in [0.25, 0.3) is 17.2 Å². The second-order valence-electron chi connectivity index (χ2n) is 11.0. The Morgan fingerprint density at radius 3 is 2.32 bits per heavy atom. The first-order chi connectivity index (χ1) is 14.1. The van der Waals surface area contributed by atoms with Gasteiger partial charge in [0.15, 0.2) is 0 Å². The summed E-state index contributed by atoms with van der Waals surface area (Å²) >= 11 is 3.93. The van der Waals surface area contributed by atoms with E-state index in [-0.39, 0.29) is 5.41 Å². The summed E-state index contributed by atoms with van der Waals surface area (Å²) in [6, 6.07) is 6.50. The van der Waals surface area contributed by atoms with Crippen LogP contribution in [0.15, 0.2) is 28.2 Å². The van der Waals surface area contributed by atoms with Crippen molar-refractivity contribution in [3.8, 4) is 11.1 Å². The highest BCUT2D eigenvalue weighted by molar-refractivity contribution is 9.10. The summed E-state index contributed by atoms with van der Waals surface area (Å²) in [5.74, 6) is -0.612. The Morgan fingerprint density at radius 1 is 1.10 bits per heavy atom. The van der Waals surface area contributed by atoms with Gasteiger partial charge in [0.05, 0.1) is 0 Å². The highest BCUT2D eigenvalue weighted by Crippen LogP contribution is 2.41. The van der Waals surface area contributed by atoms with Gasteiger partial charge in [-0.3, -0.25) is 10.5 Å². The van der Waals surface area contributed by atoms with Crippen LogP contribution in [0, 0.1) is 0 Å². The molecule has 0 unspecified atom stereocenters. The van der Waals surface area contributed by atoms with Crippen molar-refractivity contribution in [3.05, 3.63) is 50.5 Å². The van der Waals surface area contributed by atoms with Gasteiger partial charge >= 0.3 is 0 Å². The van der Waals surface area contributed by atoms with Crippen LogP contribution < -0.4 is 16.1 Å². The maximum atomic E-state index is 12.7. The van der Waals surface area contributed by atoms with Crippen LogP contribution in [0.1, 0.15) is 54.7 Å². The lowest BCUT2D eigenvalue weighted by Crippen LogP contribution is -2.65. The summed E-state index contributed by atoms with van der Waals surface area (Å²) in [6.07, 6.45) is 3.14. The quantitative estimate of drug-likeness (QED) is 0.488. The number of allylic oxidation sites excluding steroid dienone is 1. The van der Waals surface area contributed by atoms with Crippen molar-refractivity contribution < 1.29 is 8.91 Å². The molecular formula is C25H31BrNO2Si2. The van der Waals surface area contributed by atoms with Gasteiger partial charge in [-0.1, -0.05) is 60.5 Å². The molecule has 0 fully saturated rings. The monoisotopic (exact) mass is 512 g/mol. The number of carbonyl (C=O) groups is 1. The van der Waals surface area contributed by atoms with E-state index in [4.69, 9.17) is 9.85 Å². The minimum absolute atomic E-state index is 0.0218.